The minimum Gasteiger partial charge on any atom is -0.466 e. The lowest BCUT2D eigenvalue weighted by Crippen LogP contribution is -1.99. The van der Waals surface area contributed by atoms with Crippen molar-refractivity contribution in [3.63, 3.8) is 0 Å². The molecule has 2 nitrogen and oxygen atoms in total. The van der Waals surface area contributed by atoms with E-state index in [1.54, 1.807) is 0 Å². The molecule has 0 fully saturated rings. The zero-order valence-electron chi connectivity index (χ0n) is 8.80. The quantitative estimate of drug-likeness (QED) is 0.271. The number of rotatable bonds is 8. The molecular weight excluding hydrogens is 200 g/mol. The van der Waals surface area contributed by atoms with Gasteiger partial charge in [-0.25, -0.2) is 0 Å². The van der Waals surface area contributed by atoms with Gasteiger partial charge in [0.15, 0.2) is 0 Å². The third kappa shape index (κ3) is 11.5. The van der Waals surface area contributed by atoms with Crippen molar-refractivity contribution in [1.29, 1.82) is 0 Å². The van der Waals surface area contributed by atoms with E-state index < -0.39 is 0 Å². The first-order valence-corrected chi connectivity index (χ1v) is 5.65. The van der Waals surface area contributed by atoms with Crippen LogP contribution in [-0.2, 0) is 9.53 Å². The average molecular weight is 219 g/mol. The predicted octanol–water partition coefficient (Wildman–Crippen LogP) is 3.30. The van der Waals surface area contributed by atoms with Gasteiger partial charge in [-0.3, -0.25) is 4.79 Å². The molecule has 0 spiro atoms. The number of ether oxygens (including phenoxy) is 1. The highest BCUT2D eigenvalue weighted by Gasteiger charge is 1.91. The Hall–Kier alpha value is -0.500. The molecule has 0 aromatic heterocycles. The fraction of sp³-hybridized carbons (Fsp3) is 0.727. The van der Waals surface area contributed by atoms with Crippen LogP contribution >= 0.6 is 11.6 Å². The summed E-state index contributed by atoms with van der Waals surface area (Å²) in [5.41, 5.74) is 0. The molecule has 0 rings (SSSR count). The maximum Gasteiger partial charge on any atom is 0.302 e. The number of carbonyl (C=O) groups excluding carboxylic acids is 1. The number of hydrogen-bond acceptors (Lipinski definition) is 2. The molecule has 0 aliphatic carbocycles. The Labute approximate surface area is 91.3 Å². The molecule has 0 heterocycles. The summed E-state index contributed by atoms with van der Waals surface area (Å²) >= 11 is 5.51. The van der Waals surface area contributed by atoms with Crippen molar-refractivity contribution < 1.29 is 9.53 Å². The van der Waals surface area contributed by atoms with E-state index in [4.69, 9.17) is 16.3 Å². The van der Waals surface area contributed by atoms with Crippen molar-refractivity contribution in [1.82, 2.24) is 0 Å². The number of unbranched alkanes of at least 4 members (excludes halogenated alkanes) is 3. The molecule has 0 aliphatic rings. The van der Waals surface area contributed by atoms with E-state index in [9.17, 15) is 4.79 Å². The summed E-state index contributed by atoms with van der Waals surface area (Å²) in [6.45, 7) is 2.00. The van der Waals surface area contributed by atoms with Crippen LogP contribution in [0.15, 0.2) is 12.2 Å². The lowest BCUT2D eigenvalue weighted by molar-refractivity contribution is -0.141. The van der Waals surface area contributed by atoms with E-state index in [0.717, 1.165) is 32.1 Å². The number of allylic oxidation sites excluding steroid dienone is 2. The van der Waals surface area contributed by atoms with Crippen LogP contribution in [0.5, 0.6) is 0 Å². The Kier molecular flexibility index (Phi) is 10.2. The Morgan fingerprint density at radius 1 is 1.21 bits per heavy atom. The van der Waals surface area contributed by atoms with Crippen molar-refractivity contribution in [3.05, 3.63) is 12.2 Å². The maximum absolute atomic E-state index is 10.4. The van der Waals surface area contributed by atoms with E-state index in [0.29, 0.717) is 12.5 Å². The van der Waals surface area contributed by atoms with E-state index in [2.05, 4.69) is 12.2 Å². The first-order chi connectivity index (χ1) is 6.77. The van der Waals surface area contributed by atoms with Crippen molar-refractivity contribution >= 4 is 17.6 Å². The smallest absolute Gasteiger partial charge is 0.302 e. The van der Waals surface area contributed by atoms with Gasteiger partial charge in [0.25, 0.3) is 0 Å². The fourth-order valence-corrected chi connectivity index (χ4v) is 1.18. The molecule has 82 valence electrons. The highest BCUT2D eigenvalue weighted by atomic mass is 35.5. The van der Waals surface area contributed by atoms with Crippen LogP contribution in [0, 0.1) is 0 Å². The Morgan fingerprint density at radius 2 is 1.93 bits per heavy atom. The number of carbonyl (C=O) groups is 1. The van der Waals surface area contributed by atoms with Crippen molar-refractivity contribution in [3.8, 4) is 0 Å². The van der Waals surface area contributed by atoms with Gasteiger partial charge in [-0.05, 0) is 32.1 Å². The minimum absolute atomic E-state index is 0.188. The third-order valence-corrected chi connectivity index (χ3v) is 1.98. The minimum atomic E-state index is -0.188. The molecule has 0 radical (unpaired) electrons. The fourth-order valence-electron chi connectivity index (χ4n) is 1.06. The van der Waals surface area contributed by atoms with Crippen LogP contribution in [0.1, 0.15) is 39.0 Å². The van der Waals surface area contributed by atoms with Gasteiger partial charge in [0.05, 0.1) is 6.61 Å². The molecule has 0 saturated carbocycles. The van der Waals surface area contributed by atoms with Crippen molar-refractivity contribution in [2.45, 2.75) is 39.0 Å². The van der Waals surface area contributed by atoms with E-state index in [1.165, 1.54) is 6.92 Å². The van der Waals surface area contributed by atoms with Gasteiger partial charge in [-0.1, -0.05) is 12.2 Å². The molecule has 14 heavy (non-hydrogen) atoms. The summed E-state index contributed by atoms with van der Waals surface area (Å²) in [4.78, 5) is 10.4. The second kappa shape index (κ2) is 10.6. The van der Waals surface area contributed by atoms with Crippen LogP contribution in [0.3, 0.4) is 0 Å². The second-order valence-electron chi connectivity index (χ2n) is 3.14. The molecule has 0 N–H and O–H groups in total. The first-order valence-electron chi connectivity index (χ1n) is 5.11. The molecule has 0 aromatic rings. The highest BCUT2D eigenvalue weighted by Crippen LogP contribution is 2.01. The van der Waals surface area contributed by atoms with Crippen LogP contribution < -0.4 is 0 Å². The monoisotopic (exact) mass is 218 g/mol. The largest absolute Gasteiger partial charge is 0.466 e. The van der Waals surface area contributed by atoms with Crippen molar-refractivity contribution in [2.24, 2.45) is 0 Å². The van der Waals surface area contributed by atoms with Gasteiger partial charge in [-0.15, -0.1) is 11.6 Å². The van der Waals surface area contributed by atoms with Crippen LogP contribution in [0.4, 0.5) is 0 Å². The highest BCUT2D eigenvalue weighted by molar-refractivity contribution is 6.17. The van der Waals surface area contributed by atoms with Crippen LogP contribution in [0.25, 0.3) is 0 Å². The topological polar surface area (TPSA) is 26.3 Å². The summed E-state index contributed by atoms with van der Waals surface area (Å²) in [7, 11) is 0. The van der Waals surface area contributed by atoms with E-state index >= 15 is 0 Å². The molecule has 0 aliphatic heterocycles. The van der Waals surface area contributed by atoms with Gasteiger partial charge in [-0.2, -0.15) is 0 Å². The zero-order valence-corrected chi connectivity index (χ0v) is 9.55. The number of alkyl halides is 1. The van der Waals surface area contributed by atoms with E-state index in [-0.39, 0.29) is 5.97 Å². The normalized spacial score (nSPS) is 10.7. The summed E-state index contributed by atoms with van der Waals surface area (Å²) in [5.74, 6) is 0.509. The van der Waals surface area contributed by atoms with Gasteiger partial charge >= 0.3 is 5.97 Å². The summed E-state index contributed by atoms with van der Waals surface area (Å²) in [6.07, 6.45) is 9.54. The third-order valence-electron chi connectivity index (χ3n) is 1.76. The lowest BCUT2D eigenvalue weighted by atomic mass is 10.2. The molecule has 0 bridgehead atoms. The second-order valence-corrected chi connectivity index (χ2v) is 3.52. The molecule has 3 heteroatoms. The Bertz CT molecular complexity index is 167. The Balaban J connectivity index is 3.02. The van der Waals surface area contributed by atoms with Gasteiger partial charge in [0.2, 0.25) is 0 Å². The van der Waals surface area contributed by atoms with Crippen molar-refractivity contribution in [2.75, 3.05) is 12.5 Å². The number of esters is 1. The number of halogens is 1. The summed E-state index contributed by atoms with van der Waals surface area (Å²) in [6, 6.07) is 0. The number of hydrogen-bond donors (Lipinski definition) is 0. The molecule has 0 atom stereocenters. The molecular formula is C11H19ClO2. The Morgan fingerprint density at radius 3 is 2.57 bits per heavy atom. The summed E-state index contributed by atoms with van der Waals surface area (Å²) in [5, 5.41) is 0. The molecule has 0 amide bonds. The molecule has 0 unspecified atom stereocenters. The first kappa shape index (κ1) is 13.5. The average Bonchev–Trinajstić information content (AvgIpc) is 2.15. The molecule has 0 aromatic carbocycles. The van der Waals surface area contributed by atoms with Gasteiger partial charge in [0, 0.05) is 12.8 Å². The van der Waals surface area contributed by atoms with E-state index in [1.807, 2.05) is 0 Å². The van der Waals surface area contributed by atoms with Crippen LogP contribution in [0.2, 0.25) is 0 Å². The van der Waals surface area contributed by atoms with Crippen LogP contribution in [-0.4, -0.2) is 18.5 Å². The lowest BCUT2D eigenvalue weighted by Gasteiger charge is -2.00. The summed E-state index contributed by atoms with van der Waals surface area (Å²) < 4.78 is 4.81. The standard InChI is InChI=1S/C11H19ClO2/c1-11(13)14-10-8-6-4-2-3-5-7-9-12/h3,5H,2,4,6-10H2,1H3/b5-3+. The molecule has 0 saturated heterocycles. The predicted molar refractivity (Wildman–Crippen MR) is 59.6 cm³/mol. The SMILES string of the molecule is CC(=O)OCCCCC/C=C/CCCl. The van der Waals surface area contributed by atoms with Gasteiger partial charge in [0.1, 0.15) is 0 Å². The zero-order chi connectivity index (χ0) is 10.6. The van der Waals surface area contributed by atoms with Gasteiger partial charge < -0.3 is 4.74 Å². The maximum atomic E-state index is 10.4.